The molecule has 4 aromatic rings. The number of anilines is 1. The second-order valence-electron chi connectivity index (χ2n) is 5.41. The molecule has 4 aromatic heterocycles. The number of nitrogens with zero attached hydrogens (tertiary/aromatic N) is 4. The largest absolute Gasteiger partial charge is 0.438 e. The number of oxazole rings is 1. The van der Waals surface area contributed by atoms with Gasteiger partial charge >= 0.3 is 0 Å². The second-order valence-corrected chi connectivity index (χ2v) is 6.26. The van der Waals surface area contributed by atoms with Crippen molar-refractivity contribution in [1.82, 2.24) is 19.9 Å². The van der Waals surface area contributed by atoms with Gasteiger partial charge in [0, 0.05) is 17.8 Å². The zero-order valence-corrected chi connectivity index (χ0v) is 14.5. The Morgan fingerprint density at radius 2 is 1.92 bits per heavy atom. The highest BCUT2D eigenvalue weighted by Crippen LogP contribution is 2.27. The maximum atomic E-state index is 12.6. The van der Waals surface area contributed by atoms with Crippen molar-refractivity contribution in [3.63, 3.8) is 0 Å². The average molecular weight is 363 g/mol. The molecule has 0 spiro atoms. The summed E-state index contributed by atoms with van der Waals surface area (Å²) in [6, 6.07) is 9.21. The van der Waals surface area contributed by atoms with Gasteiger partial charge in [-0.3, -0.25) is 20.1 Å². The van der Waals surface area contributed by atoms with E-state index in [4.69, 9.17) is 4.42 Å². The summed E-state index contributed by atoms with van der Waals surface area (Å²) in [4.78, 5) is 29.6. The van der Waals surface area contributed by atoms with Gasteiger partial charge in [-0.1, -0.05) is 12.1 Å². The lowest BCUT2D eigenvalue weighted by Gasteiger charge is -2.01. The maximum absolute atomic E-state index is 12.6. The minimum absolute atomic E-state index is 0.0921. The van der Waals surface area contributed by atoms with Crippen LogP contribution in [0.2, 0.25) is 0 Å². The molecule has 4 heterocycles. The number of amides is 1. The highest BCUT2D eigenvalue weighted by Gasteiger charge is 2.20. The number of pyridine rings is 2. The number of aryl methyl sites for hydroxylation is 1. The van der Waals surface area contributed by atoms with Gasteiger partial charge in [0.05, 0.1) is 11.4 Å². The molecule has 26 heavy (non-hydrogen) atoms. The number of nitrogens with one attached hydrogen (secondary N) is 1. The predicted octanol–water partition coefficient (Wildman–Crippen LogP) is 3.82. The Balaban J connectivity index is 1.57. The van der Waals surface area contributed by atoms with E-state index >= 15 is 0 Å². The molecule has 8 heteroatoms. The molecule has 0 aliphatic heterocycles. The van der Waals surface area contributed by atoms with Gasteiger partial charge in [-0.2, -0.15) is 0 Å². The van der Waals surface area contributed by atoms with Gasteiger partial charge in [0.15, 0.2) is 11.5 Å². The predicted molar refractivity (Wildman–Crippen MR) is 97.8 cm³/mol. The Labute approximate surface area is 152 Å². The van der Waals surface area contributed by atoms with Gasteiger partial charge in [-0.25, -0.2) is 9.97 Å². The second kappa shape index (κ2) is 6.85. The van der Waals surface area contributed by atoms with E-state index in [2.05, 4.69) is 25.3 Å². The SMILES string of the molecule is Cc1cccnc1-c1csc(NC(=O)c2ocnc2-c2ccccn2)n1. The fourth-order valence-corrected chi connectivity index (χ4v) is 3.13. The fourth-order valence-electron chi connectivity index (χ4n) is 2.44. The maximum Gasteiger partial charge on any atom is 0.295 e. The van der Waals surface area contributed by atoms with Gasteiger partial charge in [-0.15, -0.1) is 11.3 Å². The summed E-state index contributed by atoms with van der Waals surface area (Å²) in [5, 5.41) is 5.05. The molecule has 128 valence electrons. The summed E-state index contributed by atoms with van der Waals surface area (Å²) in [5.74, 6) is -0.337. The monoisotopic (exact) mass is 363 g/mol. The van der Waals surface area contributed by atoms with Crippen LogP contribution >= 0.6 is 11.3 Å². The molecule has 7 nitrogen and oxygen atoms in total. The van der Waals surface area contributed by atoms with Crippen LogP contribution in [0, 0.1) is 6.92 Å². The van der Waals surface area contributed by atoms with Crippen LogP contribution in [0.5, 0.6) is 0 Å². The molecule has 4 rings (SSSR count). The van der Waals surface area contributed by atoms with Gasteiger partial charge in [-0.05, 0) is 30.7 Å². The smallest absolute Gasteiger partial charge is 0.295 e. The van der Waals surface area contributed by atoms with Gasteiger partial charge in [0.1, 0.15) is 11.4 Å². The van der Waals surface area contributed by atoms with Gasteiger partial charge < -0.3 is 4.42 Å². The van der Waals surface area contributed by atoms with E-state index in [-0.39, 0.29) is 5.76 Å². The number of rotatable bonds is 4. The molecule has 0 saturated carbocycles. The van der Waals surface area contributed by atoms with E-state index in [9.17, 15) is 4.79 Å². The summed E-state index contributed by atoms with van der Waals surface area (Å²) in [5.41, 5.74) is 3.48. The van der Waals surface area contributed by atoms with E-state index in [0.29, 0.717) is 22.2 Å². The van der Waals surface area contributed by atoms with Crippen molar-refractivity contribution >= 4 is 22.4 Å². The van der Waals surface area contributed by atoms with Crippen molar-refractivity contribution in [3.05, 3.63) is 65.8 Å². The number of aromatic nitrogens is 4. The molecule has 0 bridgehead atoms. The Hall–Kier alpha value is -3.39. The normalized spacial score (nSPS) is 10.7. The van der Waals surface area contributed by atoms with Crippen LogP contribution < -0.4 is 5.32 Å². The van der Waals surface area contributed by atoms with Gasteiger partial charge in [0.2, 0.25) is 5.76 Å². The summed E-state index contributed by atoms with van der Waals surface area (Å²) < 4.78 is 5.26. The zero-order valence-electron chi connectivity index (χ0n) is 13.7. The molecule has 0 aliphatic carbocycles. The average Bonchev–Trinajstić information content (AvgIpc) is 3.32. The molecular formula is C18H13N5O2S. The zero-order chi connectivity index (χ0) is 17.9. The number of hydrogen-bond acceptors (Lipinski definition) is 7. The minimum atomic E-state index is -0.429. The number of carbonyl (C=O) groups is 1. The van der Waals surface area contributed by atoms with Crippen molar-refractivity contribution in [2.24, 2.45) is 0 Å². The van der Waals surface area contributed by atoms with Crippen molar-refractivity contribution in [1.29, 1.82) is 0 Å². The Morgan fingerprint density at radius 1 is 1.04 bits per heavy atom. The van der Waals surface area contributed by atoms with Crippen LogP contribution in [-0.2, 0) is 0 Å². The molecule has 0 atom stereocenters. The number of thiazole rings is 1. The van der Waals surface area contributed by atoms with Crippen molar-refractivity contribution < 1.29 is 9.21 Å². The molecule has 0 fully saturated rings. The van der Waals surface area contributed by atoms with Crippen LogP contribution in [-0.4, -0.2) is 25.8 Å². The van der Waals surface area contributed by atoms with E-state index in [1.54, 1.807) is 24.5 Å². The van der Waals surface area contributed by atoms with E-state index in [1.807, 2.05) is 30.5 Å². The standard InChI is InChI=1S/C18H13N5O2S/c1-11-5-4-8-20-14(11)13-9-26-18(22-13)23-17(24)16-15(21-10-25-16)12-6-2-3-7-19-12/h2-10H,1H3,(H,22,23,24). The molecular weight excluding hydrogens is 350 g/mol. The lowest BCUT2D eigenvalue weighted by atomic mass is 10.2. The van der Waals surface area contributed by atoms with Crippen molar-refractivity contribution in [2.45, 2.75) is 6.92 Å². The molecule has 0 saturated heterocycles. The minimum Gasteiger partial charge on any atom is -0.438 e. The van der Waals surface area contributed by atoms with Gasteiger partial charge in [0.25, 0.3) is 5.91 Å². The molecule has 1 N–H and O–H groups in total. The van der Waals surface area contributed by atoms with Crippen LogP contribution in [0.3, 0.4) is 0 Å². The third kappa shape index (κ3) is 3.09. The first-order valence-electron chi connectivity index (χ1n) is 7.76. The molecule has 0 aliphatic rings. The third-order valence-electron chi connectivity index (χ3n) is 3.66. The van der Waals surface area contributed by atoms with E-state index in [0.717, 1.165) is 11.3 Å². The summed E-state index contributed by atoms with van der Waals surface area (Å²) in [6.45, 7) is 1.97. The quantitative estimate of drug-likeness (QED) is 0.592. The lowest BCUT2D eigenvalue weighted by molar-refractivity contribution is 0.0997. The molecule has 0 radical (unpaired) electrons. The summed E-state index contributed by atoms with van der Waals surface area (Å²) in [6.07, 6.45) is 4.57. The summed E-state index contributed by atoms with van der Waals surface area (Å²) in [7, 11) is 0. The summed E-state index contributed by atoms with van der Waals surface area (Å²) >= 11 is 1.32. The first-order valence-corrected chi connectivity index (χ1v) is 8.64. The van der Waals surface area contributed by atoms with E-state index in [1.165, 1.54) is 17.7 Å². The van der Waals surface area contributed by atoms with Crippen LogP contribution in [0.25, 0.3) is 22.8 Å². The van der Waals surface area contributed by atoms with E-state index < -0.39 is 5.91 Å². The lowest BCUT2D eigenvalue weighted by Crippen LogP contribution is -2.12. The van der Waals surface area contributed by atoms with Crippen LogP contribution in [0.1, 0.15) is 16.1 Å². The topological polar surface area (TPSA) is 93.8 Å². The Morgan fingerprint density at radius 3 is 2.73 bits per heavy atom. The van der Waals surface area contributed by atoms with Crippen molar-refractivity contribution in [3.8, 4) is 22.8 Å². The Bertz CT molecular complexity index is 1060. The highest BCUT2D eigenvalue weighted by molar-refractivity contribution is 7.14. The molecule has 0 unspecified atom stereocenters. The third-order valence-corrected chi connectivity index (χ3v) is 4.42. The van der Waals surface area contributed by atoms with Crippen LogP contribution in [0.15, 0.2) is 58.9 Å². The molecule has 0 aromatic carbocycles. The first kappa shape index (κ1) is 16.1. The Kier molecular flexibility index (Phi) is 4.24. The highest BCUT2D eigenvalue weighted by atomic mass is 32.1. The van der Waals surface area contributed by atoms with Crippen LogP contribution in [0.4, 0.5) is 5.13 Å². The molecule has 1 amide bonds. The fraction of sp³-hybridized carbons (Fsp3) is 0.0556. The first-order chi connectivity index (χ1) is 12.7. The van der Waals surface area contributed by atoms with Crippen molar-refractivity contribution in [2.75, 3.05) is 5.32 Å². The number of carbonyl (C=O) groups excluding carboxylic acids is 1. The number of hydrogen-bond donors (Lipinski definition) is 1.